The van der Waals surface area contributed by atoms with E-state index in [0.29, 0.717) is 23.4 Å². The molecule has 0 saturated carbocycles. The number of nitrogens with zero attached hydrogens (tertiary/aromatic N) is 4. The Morgan fingerprint density at radius 3 is 2.41 bits per heavy atom. The SMILES string of the molecule is CCn1cnc2c1c(=O)n(CC(=O)Nc1ccc3ccccc3c1)c(=O)n2Cc1ccccc1. The Kier molecular flexibility index (Phi) is 5.55. The summed E-state index contributed by atoms with van der Waals surface area (Å²) in [4.78, 5) is 43.8. The van der Waals surface area contributed by atoms with Crippen LogP contribution in [0.5, 0.6) is 0 Å². The van der Waals surface area contributed by atoms with Crippen LogP contribution in [-0.2, 0) is 24.4 Å². The lowest BCUT2D eigenvalue weighted by molar-refractivity contribution is -0.116. The van der Waals surface area contributed by atoms with Crippen molar-refractivity contribution >= 4 is 33.5 Å². The molecule has 5 rings (SSSR count). The van der Waals surface area contributed by atoms with Gasteiger partial charge in [0.05, 0.1) is 12.9 Å². The molecule has 0 radical (unpaired) electrons. The van der Waals surface area contributed by atoms with Crippen LogP contribution >= 0.6 is 0 Å². The van der Waals surface area contributed by atoms with E-state index < -0.39 is 23.7 Å². The van der Waals surface area contributed by atoms with Crippen molar-refractivity contribution in [3.8, 4) is 0 Å². The lowest BCUT2D eigenvalue weighted by atomic mass is 10.1. The largest absolute Gasteiger partial charge is 0.333 e. The molecule has 3 aromatic carbocycles. The first-order chi connectivity index (χ1) is 16.5. The molecule has 0 saturated heterocycles. The van der Waals surface area contributed by atoms with Crippen LogP contribution in [-0.4, -0.2) is 24.6 Å². The van der Waals surface area contributed by atoms with Gasteiger partial charge in [0.15, 0.2) is 11.2 Å². The molecule has 8 nitrogen and oxygen atoms in total. The van der Waals surface area contributed by atoms with Gasteiger partial charge in [0.2, 0.25) is 5.91 Å². The smallest absolute Gasteiger partial charge is 0.325 e. The maximum absolute atomic E-state index is 13.4. The molecule has 8 heteroatoms. The Bertz CT molecular complexity index is 1630. The van der Waals surface area contributed by atoms with Crippen LogP contribution in [0, 0.1) is 0 Å². The van der Waals surface area contributed by atoms with E-state index in [2.05, 4.69) is 10.3 Å². The maximum atomic E-state index is 13.4. The van der Waals surface area contributed by atoms with E-state index in [9.17, 15) is 14.4 Å². The molecule has 0 fully saturated rings. The number of benzene rings is 3. The first-order valence-corrected chi connectivity index (χ1v) is 11.1. The average Bonchev–Trinajstić information content (AvgIpc) is 3.29. The Morgan fingerprint density at radius 1 is 0.912 bits per heavy atom. The molecule has 0 unspecified atom stereocenters. The second-order valence-electron chi connectivity index (χ2n) is 8.06. The van der Waals surface area contributed by atoms with Crippen LogP contribution in [0.3, 0.4) is 0 Å². The summed E-state index contributed by atoms with van der Waals surface area (Å²) in [7, 11) is 0. The number of aromatic nitrogens is 4. The van der Waals surface area contributed by atoms with Gasteiger partial charge in [0, 0.05) is 12.2 Å². The second kappa shape index (κ2) is 8.82. The number of carbonyl (C=O) groups excluding carboxylic acids is 1. The van der Waals surface area contributed by atoms with Gasteiger partial charge < -0.3 is 9.88 Å². The molecule has 0 aliphatic carbocycles. The fourth-order valence-corrected chi connectivity index (χ4v) is 4.14. The van der Waals surface area contributed by atoms with E-state index in [1.165, 1.54) is 4.57 Å². The molecule has 1 amide bonds. The first kappa shape index (κ1) is 21.4. The summed E-state index contributed by atoms with van der Waals surface area (Å²) < 4.78 is 4.12. The first-order valence-electron chi connectivity index (χ1n) is 11.1. The van der Waals surface area contributed by atoms with E-state index >= 15 is 0 Å². The van der Waals surface area contributed by atoms with E-state index in [4.69, 9.17) is 0 Å². The molecule has 1 N–H and O–H groups in total. The Labute approximate surface area is 194 Å². The summed E-state index contributed by atoms with van der Waals surface area (Å²) in [6.45, 7) is 2.25. The van der Waals surface area contributed by atoms with Crippen molar-refractivity contribution in [1.82, 2.24) is 18.7 Å². The highest BCUT2D eigenvalue weighted by atomic mass is 16.2. The standard InChI is InChI=1S/C26H23N5O3/c1-2-29-17-27-24-23(29)25(33)31(26(34)30(24)15-18-8-4-3-5-9-18)16-22(32)28-21-13-12-19-10-6-7-11-20(19)14-21/h3-14,17H,2,15-16H2,1H3,(H,28,32). The molecular formula is C26H23N5O3. The molecular weight excluding hydrogens is 430 g/mol. The van der Waals surface area contributed by atoms with Crippen LogP contribution in [0.15, 0.2) is 88.7 Å². The van der Waals surface area contributed by atoms with Crippen LogP contribution in [0.1, 0.15) is 12.5 Å². The molecule has 0 aliphatic rings. The Hall–Kier alpha value is -4.46. The summed E-state index contributed by atoms with van der Waals surface area (Å²) in [6.07, 6.45) is 1.55. The van der Waals surface area contributed by atoms with Gasteiger partial charge in [-0.3, -0.25) is 14.2 Å². The highest BCUT2D eigenvalue weighted by Crippen LogP contribution is 2.19. The predicted molar refractivity (Wildman–Crippen MR) is 132 cm³/mol. The number of carbonyl (C=O) groups is 1. The Morgan fingerprint density at radius 2 is 1.65 bits per heavy atom. The number of fused-ring (bicyclic) bond motifs is 2. The van der Waals surface area contributed by atoms with Gasteiger partial charge in [-0.1, -0.05) is 60.7 Å². The van der Waals surface area contributed by atoms with Crippen molar-refractivity contribution < 1.29 is 4.79 Å². The normalized spacial score (nSPS) is 11.2. The van der Waals surface area contributed by atoms with Gasteiger partial charge in [0.25, 0.3) is 5.56 Å². The topological polar surface area (TPSA) is 90.9 Å². The average molecular weight is 454 g/mol. The highest BCUT2D eigenvalue weighted by Gasteiger charge is 2.19. The Balaban J connectivity index is 1.53. The molecule has 2 heterocycles. The van der Waals surface area contributed by atoms with Gasteiger partial charge in [-0.2, -0.15) is 0 Å². The lowest BCUT2D eigenvalue weighted by Crippen LogP contribution is -2.43. The van der Waals surface area contributed by atoms with Gasteiger partial charge in [-0.25, -0.2) is 14.3 Å². The van der Waals surface area contributed by atoms with Crippen LogP contribution < -0.4 is 16.6 Å². The highest BCUT2D eigenvalue weighted by molar-refractivity contribution is 5.94. The van der Waals surface area contributed by atoms with E-state index in [0.717, 1.165) is 20.9 Å². The molecule has 170 valence electrons. The zero-order chi connectivity index (χ0) is 23.7. The number of anilines is 1. The fraction of sp³-hybridized carbons (Fsp3) is 0.154. The molecule has 0 spiro atoms. The molecule has 0 aliphatic heterocycles. The zero-order valence-electron chi connectivity index (χ0n) is 18.6. The molecule has 5 aromatic rings. The van der Waals surface area contributed by atoms with Crippen molar-refractivity contribution in [3.63, 3.8) is 0 Å². The van der Waals surface area contributed by atoms with E-state index in [-0.39, 0.29) is 6.54 Å². The molecule has 0 bridgehead atoms. The molecule has 0 atom stereocenters. The predicted octanol–water partition coefficient (Wildman–Crippen LogP) is 3.22. The third kappa shape index (κ3) is 3.90. The maximum Gasteiger partial charge on any atom is 0.333 e. The minimum absolute atomic E-state index is 0.240. The zero-order valence-corrected chi connectivity index (χ0v) is 18.6. The number of hydrogen-bond donors (Lipinski definition) is 1. The van der Waals surface area contributed by atoms with Gasteiger partial charge >= 0.3 is 5.69 Å². The number of hydrogen-bond acceptors (Lipinski definition) is 4. The number of rotatable bonds is 6. The van der Waals surface area contributed by atoms with Gasteiger partial charge in [-0.05, 0) is 35.4 Å². The van der Waals surface area contributed by atoms with Crippen LogP contribution in [0.2, 0.25) is 0 Å². The monoisotopic (exact) mass is 453 g/mol. The van der Waals surface area contributed by atoms with E-state index in [1.54, 1.807) is 17.0 Å². The van der Waals surface area contributed by atoms with Crippen LogP contribution in [0.25, 0.3) is 21.9 Å². The number of amides is 1. The summed E-state index contributed by atoms with van der Waals surface area (Å²) in [5.74, 6) is -0.456. The van der Waals surface area contributed by atoms with Crippen molar-refractivity contribution in [2.45, 2.75) is 26.6 Å². The van der Waals surface area contributed by atoms with Gasteiger partial charge in [-0.15, -0.1) is 0 Å². The van der Waals surface area contributed by atoms with E-state index in [1.807, 2.05) is 73.7 Å². The fourth-order valence-electron chi connectivity index (χ4n) is 4.14. The lowest BCUT2D eigenvalue weighted by Gasteiger charge is -2.13. The summed E-state index contributed by atoms with van der Waals surface area (Å²) in [5, 5.41) is 4.84. The van der Waals surface area contributed by atoms with Gasteiger partial charge in [0.1, 0.15) is 6.54 Å². The minimum Gasteiger partial charge on any atom is -0.325 e. The van der Waals surface area contributed by atoms with Crippen molar-refractivity contribution in [1.29, 1.82) is 0 Å². The quantitative estimate of drug-likeness (QED) is 0.427. The van der Waals surface area contributed by atoms with Crippen LogP contribution in [0.4, 0.5) is 5.69 Å². The molecule has 34 heavy (non-hydrogen) atoms. The number of nitrogens with one attached hydrogen (secondary N) is 1. The van der Waals surface area contributed by atoms with Crippen molar-refractivity contribution in [2.24, 2.45) is 0 Å². The minimum atomic E-state index is -0.573. The summed E-state index contributed by atoms with van der Waals surface area (Å²) in [6, 6.07) is 22.9. The summed E-state index contributed by atoms with van der Waals surface area (Å²) in [5.41, 5.74) is 1.00. The second-order valence-corrected chi connectivity index (χ2v) is 8.06. The third-order valence-corrected chi connectivity index (χ3v) is 5.84. The number of aryl methyl sites for hydroxylation is 1. The van der Waals surface area contributed by atoms with Crippen molar-refractivity contribution in [3.05, 3.63) is 106 Å². The number of imidazole rings is 1. The summed E-state index contributed by atoms with van der Waals surface area (Å²) >= 11 is 0. The third-order valence-electron chi connectivity index (χ3n) is 5.84. The molecule has 2 aromatic heterocycles. The van der Waals surface area contributed by atoms with Crippen molar-refractivity contribution in [2.75, 3.05) is 5.32 Å².